The van der Waals surface area contributed by atoms with Crippen LogP contribution < -0.4 is 0 Å². The van der Waals surface area contributed by atoms with Gasteiger partial charge in [-0.3, -0.25) is 4.79 Å². The normalized spacial score (nSPS) is 17.1. The number of aromatic nitrogens is 5. The lowest BCUT2D eigenvalue weighted by Gasteiger charge is -2.32. The number of fused-ring (bicyclic) bond motifs is 1. The topological polar surface area (TPSA) is 76.8 Å². The molecule has 2 aromatic heterocycles. The predicted octanol–water partition coefficient (Wildman–Crippen LogP) is 3.29. The minimum absolute atomic E-state index is 0.0110. The van der Waals surface area contributed by atoms with Crippen LogP contribution in [0.4, 0.5) is 0 Å². The van der Waals surface area contributed by atoms with E-state index in [1.165, 1.54) is 15.7 Å². The average molecular weight is 390 g/mol. The molecule has 1 aliphatic heterocycles. The third-order valence-corrected chi connectivity index (χ3v) is 6.30. The van der Waals surface area contributed by atoms with Crippen LogP contribution in [0.15, 0.2) is 54.9 Å². The van der Waals surface area contributed by atoms with E-state index < -0.39 is 0 Å². The Morgan fingerprint density at radius 1 is 1.11 bits per heavy atom. The lowest BCUT2D eigenvalue weighted by molar-refractivity contribution is 0.0707. The Morgan fingerprint density at radius 2 is 1.96 bits per heavy atom. The highest BCUT2D eigenvalue weighted by Gasteiger charge is 2.28. The molecule has 1 atom stereocenters. The third kappa shape index (κ3) is 3.05. The van der Waals surface area contributed by atoms with Gasteiger partial charge in [0.1, 0.15) is 6.33 Å². The summed E-state index contributed by atoms with van der Waals surface area (Å²) in [5, 5.41) is 12.4. The molecule has 5 rings (SSSR count). The van der Waals surface area contributed by atoms with Crippen molar-refractivity contribution in [3.63, 3.8) is 0 Å². The molecule has 0 radical (unpaired) electrons. The highest BCUT2D eigenvalue weighted by molar-refractivity contribution is 7.18. The summed E-state index contributed by atoms with van der Waals surface area (Å²) < 4.78 is 2.73. The summed E-state index contributed by atoms with van der Waals surface area (Å²) in [7, 11) is 0. The molecule has 0 unspecified atom stereocenters. The lowest BCUT2D eigenvalue weighted by atomic mass is 9.97. The van der Waals surface area contributed by atoms with Gasteiger partial charge in [0.2, 0.25) is 0 Å². The highest BCUT2D eigenvalue weighted by atomic mass is 32.1. The number of carbonyl (C=O) groups excluding carboxylic acids is 1. The van der Waals surface area contributed by atoms with Gasteiger partial charge in [0.25, 0.3) is 5.91 Å². The number of likely N-dealkylation sites (tertiary alicyclic amines) is 1. The Labute approximate surface area is 165 Å². The zero-order chi connectivity index (χ0) is 18.9. The number of carbonyl (C=O) groups is 1. The summed E-state index contributed by atoms with van der Waals surface area (Å²) >= 11 is 1.73. The summed E-state index contributed by atoms with van der Waals surface area (Å²) in [5.74, 6) is 0.284. The maximum absolute atomic E-state index is 13.3. The first-order chi connectivity index (χ1) is 13.8. The van der Waals surface area contributed by atoms with Gasteiger partial charge in [-0.1, -0.05) is 24.3 Å². The SMILES string of the molecule is O=C(c1ccccc1-n1cnnn1)N1CCC[C@@H](c2nc3ccccc3s2)C1. The van der Waals surface area contributed by atoms with E-state index in [1.54, 1.807) is 11.3 Å². The van der Waals surface area contributed by atoms with Crippen LogP contribution in [0.2, 0.25) is 0 Å². The van der Waals surface area contributed by atoms with Crippen LogP contribution >= 0.6 is 11.3 Å². The van der Waals surface area contributed by atoms with Gasteiger partial charge in [0.05, 0.1) is 26.5 Å². The summed E-state index contributed by atoms with van der Waals surface area (Å²) in [6.45, 7) is 1.44. The number of benzene rings is 2. The molecule has 1 amide bonds. The van der Waals surface area contributed by atoms with Crippen LogP contribution in [-0.4, -0.2) is 49.1 Å². The predicted molar refractivity (Wildman–Crippen MR) is 107 cm³/mol. The first-order valence-electron chi connectivity index (χ1n) is 9.27. The summed E-state index contributed by atoms with van der Waals surface area (Å²) in [5.41, 5.74) is 2.34. The summed E-state index contributed by atoms with van der Waals surface area (Å²) in [6.07, 6.45) is 3.53. The Morgan fingerprint density at radius 3 is 2.82 bits per heavy atom. The van der Waals surface area contributed by atoms with E-state index in [1.807, 2.05) is 47.4 Å². The molecule has 4 aromatic rings. The molecule has 1 saturated heterocycles. The number of hydrogen-bond donors (Lipinski definition) is 0. The minimum atomic E-state index is 0.0110. The third-order valence-electron chi connectivity index (χ3n) is 5.10. The van der Waals surface area contributed by atoms with Crippen LogP contribution in [0.1, 0.15) is 34.1 Å². The second kappa shape index (κ2) is 7.12. The van der Waals surface area contributed by atoms with Crippen LogP contribution in [0.3, 0.4) is 0 Å². The molecule has 28 heavy (non-hydrogen) atoms. The van der Waals surface area contributed by atoms with E-state index in [9.17, 15) is 4.79 Å². The number of piperidine rings is 1. The smallest absolute Gasteiger partial charge is 0.256 e. The second-order valence-corrected chi connectivity index (χ2v) is 7.94. The number of hydrogen-bond acceptors (Lipinski definition) is 6. The molecular formula is C20H18N6OS. The number of rotatable bonds is 3. The van der Waals surface area contributed by atoms with Gasteiger partial charge in [0.15, 0.2) is 0 Å². The lowest BCUT2D eigenvalue weighted by Crippen LogP contribution is -2.39. The van der Waals surface area contributed by atoms with Crippen LogP contribution in [0.25, 0.3) is 15.9 Å². The minimum Gasteiger partial charge on any atom is -0.338 e. The fraction of sp³-hybridized carbons (Fsp3) is 0.250. The molecule has 1 fully saturated rings. The molecule has 0 aliphatic carbocycles. The van der Waals surface area contributed by atoms with Gasteiger partial charge in [-0.05, 0) is 47.5 Å². The zero-order valence-electron chi connectivity index (χ0n) is 15.1. The second-order valence-electron chi connectivity index (χ2n) is 6.88. The molecule has 8 heteroatoms. The van der Waals surface area contributed by atoms with Crippen LogP contribution in [-0.2, 0) is 0 Å². The molecule has 0 saturated carbocycles. The Balaban J connectivity index is 1.42. The van der Waals surface area contributed by atoms with E-state index in [0.717, 1.165) is 29.9 Å². The highest BCUT2D eigenvalue weighted by Crippen LogP contribution is 2.33. The van der Waals surface area contributed by atoms with Crippen molar-refractivity contribution in [2.45, 2.75) is 18.8 Å². The Bertz CT molecular complexity index is 1090. The van der Waals surface area contributed by atoms with Gasteiger partial charge in [0, 0.05) is 19.0 Å². The van der Waals surface area contributed by atoms with Crippen molar-refractivity contribution >= 4 is 27.5 Å². The maximum Gasteiger partial charge on any atom is 0.256 e. The molecule has 2 aromatic carbocycles. The van der Waals surface area contributed by atoms with E-state index in [-0.39, 0.29) is 11.8 Å². The average Bonchev–Trinajstić information content (AvgIpc) is 3.43. The summed E-state index contributed by atoms with van der Waals surface area (Å²) in [6, 6.07) is 15.6. The van der Waals surface area contributed by atoms with Crippen molar-refractivity contribution in [3.8, 4) is 5.69 Å². The first-order valence-corrected chi connectivity index (χ1v) is 10.1. The van der Waals surface area contributed by atoms with Crippen molar-refractivity contribution < 1.29 is 4.79 Å². The number of thiazole rings is 1. The summed E-state index contributed by atoms with van der Waals surface area (Å²) in [4.78, 5) is 20.0. The molecule has 7 nitrogen and oxygen atoms in total. The molecule has 3 heterocycles. The monoisotopic (exact) mass is 390 g/mol. The number of para-hydroxylation sites is 2. The van der Waals surface area contributed by atoms with Crippen molar-refractivity contribution in [3.05, 3.63) is 65.4 Å². The fourth-order valence-electron chi connectivity index (χ4n) is 3.72. The maximum atomic E-state index is 13.3. The molecule has 0 bridgehead atoms. The van der Waals surface area contributed by atoms with E-state index in [0.29, 0.717) is 17.8 Å². The van der Waals surface area contributed by atoms with Crippen LogP contribution in [0.5, 0.6) is 0 Å². The number of nitrogens with zero attached hydrogens (tertiary/aromatic N) is 6. The van der Waals surface area contributed by atoms with Gasteiger partial charge in [-0.25, -0.2) is 4.98 Å². The van der Waals surface area contributed by atoms with E-state index in [4.69, 9.17) is 4.98 Å². The Kier molecular flexibility index (Phi) is 4.32. The van der Waals surface area contributed by atoms with Gasteiger partial charge in [-0.2, -0.15) is 4.68 Å². The van der Waals surface area contributed by atoms with E-state index >= 15 is 0 Å². The number of amides is 1. The largest absolute Gasteiger partial charge is 0.338 e. The van der Waals surface area contributed by atoms with Crippen LogP contribution in [0, 0.1) is 0 Å². The molecule has 0 N–H and O–H groups in total. The molecule has 0 spiro atoms. The van der Waals surface area contributed by atoms with Gasteiger partial charge < -0.3 is 4.90 Å². The van der Waals surface area contributed by atoms with Crippen molar-refractivity contribution in [2.75, 3.05) is 13.1 Å². The standard InChI is InChI=1S/C20H18N6OS/c27-20(15-7-1-3-9-17(15)26-13-21-23-24-26)25-11-5-6-14(12-25)19-22-16-8-2-4-10-18(16)28-19/h1-4,7-10,13-14H,5-6,11-12H2/t14-/m1/s1. The molecular weight excluding hydrogens is 372 g/mol. The van der Waals surface area contributed by atoms with Crippen molar-refractivity contribution in [2.24, 2.45) is 0 Å². The van der Waals surface area contributed by atoms with Gasteiger partial charge >= 0.3 is 0 Å². The Hall–Kier alpha value is -3.13. The van der Waals surface area contributed by atoms with Crippen molar-refractivity contribution in [1.29, 1.82) is 0 Å². The molecule has 140 valence electrons. The fourth-order valence-corrected chi connectivity index (χ4v) is 4.82. The first kappa shape index (κ1) is 17.0. The van der Waals surface area contributed by atoms with Gasteiger partial charge in [-0.15, -0.1) is 16.4 Å². The van der Waals surface area contributed by atoms with E-state index in [2.05, 4.69) is 21.6 Å². The zero-order valence-corrected chi connectivity index (χ0v) is 15.9. The quantitative estimate of drug-likeness (QED) is 0.536. The number of tetrazole rings is 1. The van der Waals surface area contributed by atoms with Crippen molar-refractivity contribution in [1.82, 2.24) is 30.1 Å². The molecule has 1 aliphatic rings.